The van der Waals surface area contributed by atoms with Crippen LogP contribution in [0.15, 0.2) is 43.1 Å². The third-order valence-corrected chi connectivity index (χ3v) is 5.88. The lowest BCUT2D eigenvalue weighted by Crippen LogP contribution is -2.37. The van der Waals surface area contributed by atoms with Crippen LogP contribution < -0.4 is 9.80 Å². The van der Waals surface area contributed by atoms with E-state index in [1.807, 2.05) is 24.2 Å². The Hall–Kier alpha value is -2.58. The number of ether oxygens (including phenoxy) is 1. The molecule has 7 nitrogen and oxygen atoms in total. The Balaban J connectivity index is 1.47. The maximum Gasteiger partial charge on any atom is 0.138 e. The summed E-state index contributed by atoms with van der Waals surface area (Å²) < 4.78 is 5.44. The highest BCUT2D eigenvalue weighted by Crippen LogP contribution is 2.36. The summed E-state index contributed by atoms with van der Waals surface area (Å²) in [5, 5.41) is 1.15. The smallest absolute Gasteiger partial charge is 0.138 e. The molecule has 0 amide bonds. The van der Waals surface area contributed by atoms with Gasteiger partial charge in [0.05, 0.1) is 13.2 Å². The lowest BCUT2D eigenvalue weighted by molar-refractivity contribution is 0.122. The number of thioether (sulfide) groups is 1. The van der Waals surface area contributed by atoms with Crippen LogP contribution in [0, 0.1) is 0 Å². The van der Waals surface area contributed by atoms with Gasteiger partial charge < -0.3 is 19.5 Å². The predicted molar refractivity (Wildman–Crippen MR) is 109 cm³/mol. The van der Waals surface area contributed by atoms with Crippen LogP contribution in [0.2, 0.25) is 0 Å². The Labute approximate surface area is 161 Å². The molecule has 5 heterocycles. The van der Waals surface area contributed by atoms with Crippen molar-refractivity contribution >= 4 is 39.3 Å². The number of aromatic nitrogens is 4. The van der Waals surface area contributed by atoms with Gasteiger partial charge in [-0.15, -0.1) is 11.8 Å². The fourth-order valence-electron chi connectivity index (χ4n) is 3.46. The van der Waals surface area contributed by atoms with Crippen molar-refractivity contribution in [2.24, 2.45) is 0 Å². The number of aromatic amines is 1. The van der Waals surface area contributed by atoms with Gasteiger partial charge in [0.25, 0.3) is 0 Å². The number of fused-ring (bicyclic) bond motifs is 1. The van der Waals surface area contributed by atoms with Gasteiger partial charge in [0.15, 0.2) is 0 Å². The van der Waals surface area contributed by atoms with E-state index in [2.05, 4.69) is 54.1 Å². The zero-order valence-corrected chi connectivity index (χ0v) is 15.7. The first kappa shape index (κ1) is 16.6. The van der Waals surface area contributed by atoms with Crippen LogP contribution in [0.25, 0.3) is 15.9 Å². The van der Waals surface area contributed by atoms with Gasteiger partial charge in [-0.1, -0.05) is 0 Å². The van der Waals surface area contributed by atoms with E-state index in [-0.39, 0.29) is 0 Å². The largest absolute Gasteiger partial charge is 0.378 e. The Kier molecular flexibility index (Phi) is 4.43. The highest BCUT2D eigenvalue weighted by Gasteiger charge is 2.19. The van der Waals surface area contributed by atoms with Crippen molar-refractivity contribution < 1.29 is 4.74 Å². The maximum atomic E-state index is 5.44. The Morgan fingerprint density at radius 1 is 1.04 bits per heavy atom. The van der Waals surface area contributed by atoms with Crippen LogP contribution in [-0.2, 0) is 4.74 Å². The minimum atomic E-state index is 0.748. The summed E-state index contributed by atoms with van der Waals surface area (Å²) in [5.41, 5.74) is 2.13. The van der Waals surface area contributed by atoms with E-state index >= 15 is 0 Å². The zero-order valence-electron chi connectivity index (χ0n) is 14.8. The number of hydrogen-bond donors (Lipinski definition) is 1. The average Bonchev–Trinajstić information content (AvgIpc) is 3.24. The molecule has 5 rings (SSSR count). The summed E-state index contributed by atoms with van der Waals surface area (Å²) in [6.07, 6.45) is 7.65. The summed E-state index contributed by atoms with van der Waals surface area (Å²) in [6, 6.07) is 6.24. The second kappa shape index (κ2) is 7.21. The monoisotopic (exact) mass is 380 g/mol. The Morgan fingerprint density at radius 2 is 1.93 bits per heavy atom. The molecule has 0 radical (unpaired) electrons. The van der Waals surface area contributed by atoms with Gasteiger partial charge in [-0.2, -0.15) is 0 Å². The Morgan fingerprint density at radius 3 is 2.85 bits per heavy atom. The van der Waals surface area contributed by atoms with Crippen molar-refractivity contribution in [1.29, 1.82) is 0 Å². The Bertz CT molecular complexity index is 981. The molecule has 0 saturated carbocycles. The van der Waals surface area contributed by atoms with Gasteiger partial charge in [-0.3, -0.25) is 0 Å². The molecule has 0 aromatic carbocycles. The topological polar surface area (TPSA) is 70.2 Å². The molecular formula is C19H20N6OS. The fourth-order valence-corrected chi connectivity index (χ4v) is 4.50. The molecule has 3 aromatic heterocycles. The maximum absolute atomic E-state index is 5.44. The molecule has 3 aromatic rings. The molecular weight excluding hydrogens is 360 g/mol. The second-order valence-corrected chi connectivity index (χ2v) is 7.60. The van der Waals surface area contributed by atoms with Gasteiger partial charge in [0.2, 0.25) is 0 Å². The van der Waals surface area contributed by atoms with E-state index in [0.29, 0.717) is 0 Å². The SMILES string of the molecule is C1=C(c2ccnc3[nH]ccc23)SCCN1c1cc(N2CCOCC2)ncn1. The minimum Gasteiger partial charge on any atom is -0.378 e. The first-order valence-corrected chi connectivity index (χ1v) is 10.1. The number of nitrogens with zero attached hydrogens (tertiary/aromatic N) is 5. The summed E-state index contributed by atoms with van der Waals surface area (Å²) >= 11 is 1.87. The molecule has 1 saturated heterocycles. The number of nitrogens with one attached hydrogen (secondary N) is 1. The van der Waals surface area contributed by atoms with Crippen molar-refractivity contribution in [3.8, 4) is 0 Å². The number of pyridine rings is 1. The first-order valence-electron chi connectivity index (χ1n) is 9.07. The first-order chi connectivity index (χ1) is 13.4. The number of H-pyrrole nitrogens is 1. The van der Waals surface area contributed by atoms with Gasteiger partial charge in [-0.25, -0.2) is 15.0 Å². The van der Waals surface area contributed by atoms with E-state index < -0.39 is 0 Å². The van der Waals surface area contributed by atoms with Crippen molar-refractivity contribution in [2.75, 3.05) is 48.4 Å². The molecule has 0 atom stereocenters. The van der Waals surface area contributed by atoms with Gasteiger partial charge >= 0.3 is 0 Å². The minimum absolute atomic E-state index is 0.748. The summed E-state index contributed by atoms with van der Waals surface area (Å²) in [4.78, 5) is 22.3. The quantitative estimate of drug-likeness (QED) is 0.749. The van der Waals surface area contributed by atoms with Crippen molar-refractivity contribution in [2.45, 2.75) is 0 Å². The average molecular weight is 380 g/mol. The van der Waals surface area contributed by atoms with Crippen LogP contribution in [0.3, 0.4) is 0 Å². The van der Waals surface area contributed by atoms with Crippen LogP contribution in [-0.4, -0.2) is 58.5 Å². The van der Waals surface area contributed by atoms with Crippen LogP contribution in [0.4, 0.5) is 11.6 Å². The highest BCUT2D eigenvalue weighted by molar-refractivity contribution is 8.08. The molecule has 8 heteroatoms. The molecule has 138 valence electrons. The number of hydrogen-bond acceptors (Lipinski definition) is 7. The molecule has 27 heavy (non-hydrogen) atoms. The predicted octanol–water partition coefficient (Wildman–Crippen LogP) is 2.74. The molecule has 0 spiro atoms. The third-order valence-electron chi connectivity index (χ3n) is 4.86. The van der Waals surface area contributed by atoms with Crippen molar-refractivity contribution in [3.05, 3.63) is 48.7 Å². The molecule has 1 fully saturated rings. The van der Waals surface area contributed by atoms with Crippen LogP contribution >= 0.6 is 11.8 Å². The van der Waals surface area contributed by atoms with Gasteiger partial charge in [0.1, 0.15) is 23.6 Å². The lowest BCUT2D eigenvalue weighted by Gasteiger charge is -2.29. The van der Waals surface area contributed by atoms with E-state index in [4.69, 9.17) is 4.74 Å². The normalized spacial score (nSPS) is 18.0. The van der Waals surface area contributed by atoms with E-state index in [1.54, 1.807) is 6.33 Å². The number of rotatable bonds is 3. The molecule has 0 bridgehead atoms. The summed E-state index contributed by atoms with van der Waals surface area (Å²) in [6.45, 7) is 4.16. The van der Waals surface area contributed by atoms with E-state index in [1.165, 1.54) is 10.5 Å². The van der Waals surface area contributed by atoms with Crippen molar-refractivity contribution in [3.63, 3.8) is 0 Å². The third kappa shape index (κ3) is 3.26. The van der Waals surface area contributed by atoms with Gasteiger partial charge in [0, 0.05) is 65.9 Å². The molecule has 2 aliphatic rings. The highest BCUT2D eigenvalue weighted by atomic mass is 32.2. The zero-order chi connectivity index (χ0) is 18.1. The standard InChI is InChI=1S/C19H20N6OS/c1-3-20-19-15(2-4-21-19)14(1)16-12-25(7-10-27-16)18-11-17(22-13-23-18)24-5-8-26-9-6-24/h1-4,11-13H,5-10H2,(H,20,21). The summed E-state index contributed by atoms with van der Waals surface area (Å²) in [7, 11) is 0. The molecule has 0 aliphatic carbocycles. The number of anilines is 2. The fraction of sp³-hybridized carbons (Fsp3) is 0.316. The molecule has 0 unspecified atom stereocenters. The molecule has 2 aliphatic heterocycles. The summed E-state index contributed by atoms with van der Waals surface area (Å²) in [5.74, 6) is 2.91. The second-order valence-electron chi connectivity index (χ2n) is 6.47. The van der Waals surface area contributed by atoms with Gasteiger partial charge in [-0.05, 0) is 12.1 Å². The van der Waals surface area contributed by atoms with Crippen LogP contribution in [0.1, 0.15) is 5.56 Å². The van der Waals surface area contributed by atoms with Crippen LogP contribution in [0.5, 0.6) is 0 Å². The molecule has 1 N–H and O–H groups in total. The van der Waals surface area contributed by atoms with E-state index in [0.717, 1.165) is 61.3 Å². The number of morpholine rings is 1. The lowest BCUT2D eigenvalue weighted by atomic mass is 10.2. The van der Waals surface area contributed by atoms with Crippen molar-refractivity contribution in [1.82, 2.24) is 19.9 Å². The van der Waals surface area contributed by atoms with E-state index in [9.17, 15) is 0 Å².